The van der Waals surface area contributed by atoms with E-state index < -0.39 is 0 Å². The Morgan fingerprint density at radius 3 is 1.58 bits per heavy atom. The van der Waals surface area contributed by atoms with E-state index in [4.69, 9.17) is 0 Å². The topological polar surface area (TPSA) is 0 Å². The normalized spacial score (nSPS) is 14.0. The zero-order valence-electron chi connectivity index (χ0n) is 14.6. The summed E-state index contributed by atoms with van der Waals surface area (Å²) in [6.45, 7) is 7.37. The Labute approximate surface area is 144 Å². The number of benzene rings is 3. The number of fused-ring (bicyclic) bond motifs is 4. The molecule has 2 heterocycles. The van der Waals surface area contributed by atoms with Crippen LogP contribution >= 0.6 is 0 Å². The van der Waals surface area contributed by atoms with Gasteiger partial charge in [0.1, 0.15) is 0 Å². The molecule has 1 heteroatoms. The third-order valence-corrected chi connectivity index (χ3v) is 6.44. The number of rotatable bonds is 0. The highest BCUT2D eigenvalue weighted by atomic mass is 14.3. The van der Waals surface area contributed by atoms with Gasteiger partial charge in [0, 0.05) is 0 Å². The van der Waals surface area contributed by atoms with Crippen LogP contribution < -0.4 is 16.4 Å². The first-order valence-electron chi connectivity index (χ1n) is 8.93. The van der Waals surface area contributed by atoms with E-state index in [1.54, 1.807) is 16.6 Å². The highest BCUT2D eigenvalue weighted by Crippen LogP contribution is 2.29. The Balaban J connectivity index is 1.92. The summed E-state index contributed by atoms with van der Waals surface area (Å²) in [5.74, 6) is 0. The average molecular weight is 308 g/mol. The molecule has 0 saturated heterocycles. The van der Waals surface area contributed by atoms with Crippen molar-refractivity contribution in [2.75, 3.05) is 0 Å². The van der Waals surface area contributed by atoms with Crippen molar-refractivity contribution in [1.82, 2.24) is 0 Å². The van der Waals surface area contributed by atoms with E-state index in [-0.39, 0.29) is 0 Å². The second-order valence-electron chi connectivity index (χ2n) is 7.43. The van der Waals surface area contributed by atoms with Crippen molar-refractivity contribution in [3.63, 3.8) is 0 Å². The molecule has 0 unspecified atom stereocenters. The molecule has 0 radical (unpaired) electrons. The van der Waals surface area contributed by atoms with E-state index in [0.717, 1.165) is 12.8 Å². The zero-order chi connectivity index (χ0) is 16.4. The molecule has 0 atom stereocenters. The highest BCUT2D eigenvalue weighted by Gasteiger charge is 2.38. The van der Waals surface area contributed by atoms with Crippen LogP contribution in [0.2, 0.25) is 0 Å². The van der Waals surface area contributed by atoms with E-state index in [1.165, 1.54) is 38.7 Å². The third kappa shape index (κ3) is 1.70. The lowest BCUT2D eigenvalue weighted by atomic mass is 9.30. The van der Waals surface area contributed by atoms with Gasteiger partial charge in [-0.1, -0.05) is 64.9 Å². The number of hydrogen-bond donors (Lipinski definition) is 0. The first-order valence-corrected chi connectivity index (χ1v) is 8.93. The largest absolute Gasteiger partial charge is 0.242 e. The molecule has 0 aromatic heterocycles. The summed E-state index contributed by atoms with van der Waals surface area (Å²) < 4.78 is 0. The monoisotopic (exact) mass is 308 g/mol. The molecule has 0 saturated carbocycles. The van der Waals surface area contributed by atoms with Crippen LogP contribution in [0.5, 0.6) is 0 Å². The molecule has 24 heavy (non-hydrogen) atoms. The van der Waals surface area contributed by atoms with Crippen LogP contribution in [0.3, 0.4) is 0 Å². The van der Waals surface area contributed by atoms with Gasteiger partial charge in [-0.3, -0.25) is 0 Å². The number of hydrogen-bond acceptors (Lipinski definition) is 0. The van der Waals surface area contributed by atoms with Gasteiger partial charge in [0.05, 0.1) is 0 Å². The van der Waals surface area contributed by atoms with Gasteiger partial charge in [0.25, 0.3) is 0 Å². The third-order valence-electron chi connectivity index (χ3n) is 6.44. The van der Waals surface area contributed by atoms with Crippen molar-refractivity contribution < 1.29 is 0 Å². The van der Waals surface area contributed by atoms with Crippen LogP contribution in [-0.4, -0.2) is 6.71 Å². The smallest absolute Gasteiger partial charge is 0.0667 e. The maximum atomic E-state index is 2.35. The van der Waals surface area contributed by atoms with E-state index in [9.17, 15) is 0 Å². The van der Waals surface area contributed by atoms with Crippen molar-refractivity contribution in [2.45, 2.75) is 33.6 Å². The predicted molar refractivity (Wildman–Crippen MR) is 104 cm³/mol. The summed E-state index contributed by atoms with van der Waals surface area (Å²) >= 11 is 0. The predicted octanol–water partition coefficient (Wildman–Crippen LogP) is 2.94. The minimum absolute atomic E-state index is 0.419. The second-order valence-corrected chi connectivity index (χ2v) is 7.43. The molecule has 0 nitrogen and oxygen atoms in total. The zero-order valence-corrected chi connectivity index (χ0v) is 14.6. The fourth-order valence-corrected chi connectivity index (χ4v) is 4.94. The first-order chi connectivity index (χ1) is 11.7. The molecule has 0 bridgehead atoms. The lowest BCUT2D eigenvalue weighted by Crippen LogP contribution is -2.61. The summed E-state index contributed by atoms with van der Waals surface area (Å²) in [6.07, 6.45) is 2.17. The average Bonchev–Trinajstić information content (AvgIpc) is 2.63. The Morgan fingerprint density at radius 1 is 0.625 bits per heavy atom. The van der Waals surface area contributed by atoms with Gasteiger partial charge in [-0.2, -0.15) is 0 Å². The highest BCUT2D eigenvalue weighted by molar-refractivity contribution is 6.97. The van der Waals surface area contributed by atoms with E-state index >= 15 is 0 Å². The van der Waals surface area contributed by atoms with Crippen molar-refractivity contribution in [1.29, 1.82) is 0 Å². The summed E-state index contributed by atoms with van der Waals surface area (Å²) in [4.78, 5) is 0. The van der Waals surface area contributed by atoms with Gasteiger partial charge in [-0.15, -0.1) is 0 Å². The fraction of sp³-hybridized carbons (Fsp3) is 0.217. The molecule has 0 aliphatic carbocycles. The summed E-state index contributed by atoms with van der Waals surface area (Å²) in [6, 6.07) is 18.1. The molecule has 2 aliphatic heterocycles. The van der Waals surface area contributed by atoms with Crippen molar-refractivity contribution in [2.24, 2.45) is 0 Å². The van der Waals surface area contributed by atoms with Gasteiger partial charge >= 0.3 is 0 Å². The van der Waals surface area contributed by atoms with Gasteiger partial charge in [0.15, 0.2) is 0 Å². The molecule has 5 rings (SSSR count). The minimum Gasteiger partial charge on any atom is -0.0667 e. The van der Waals surface area contributed by atoms with E-state index in [1.807, 2.05) is 0 Å². The molecule has 2 aliphatic rings. The van der Waals surface area contributed by atoms with E-state index in [0.29, 0.717) is 6.71 Å². The first kappa shape index (κ1) is 14.1. The standard InChI is InChI=1S/C23H21B/c1-14-15(2)19-12-17-8-4-6-10-21(17)24-22-11-7-5-9-18(22)13-20(16(14)3)23(19)24/h4-11H,12-13H2,1-3H3. The van der Waals surface area contributed by atoms with Crippen LogP contribution in [-0.2, 0) is 12.8 Å². The van der Waals surface area contributed by atoms with Crippen molar-refractivity contribution >= 4 is 23.1 Å². The molecule has 0 fully saturated rings. The van der Waals surface area contributed by atoms with Crippen molar-refractivity contribution in [3.05, 3.63) is 87.5 Å². The Kier molecular flexibility index (Phi) is 2.86. The fourth-order valence-electron chi connectivity index (χ4n) is 4.94. The Morgan fingerprint density at radius 2 is 1.08 bits per heavy atom. The molecular weight excluding hydrogens is 287 g/mol. The minimum atomic E-state index is 0.419. The lowest BCUT2D eigenvalue weighted by Gasteiger charge is -2.36. The van der Waals surface area contributed by atoms with Crippen LogP contribution in [0.1, 0.15) is 38.9 Å². The Bertz CT molecular complexity index is 920. The van der Waals surface area contributed by atoms with Crippen LogP contribution in [0.25, 0.3) is 0 Å². The van der Waals surface area contributed by atoms with Gasteiger partial charge in [-0.25, -0.2) is 0 Å². The summed E-state index contributed by atoms with van der Waals surface area (Å²) in [7, 11) is 0. The summed E-state index contributed by atoms with van der Waals surface area (Å²) in [5.41, 5.74) is 15.3. The second kappa shape index (κ2) is 4.86. The van der Waals surface area contributed by atoms with Crippen LogP contribution in [0, 0.1) is 20.8 Å². The molecule has 3 aromatic carbocycles. The molecule has 0 amide bonds. The van der Waals surface area contributed by atoms with Gasteiger partial charge < -0.3 is 0 Å². The molecule has 3 aromatic rings. The van der Waals surface area contributed by atoms with Crippen LogP contribution in [0.15, 0.2) is 48.5 Å². The van der Waals surface area contributed by atoms with E-state index in [2.05, 4.69) is 69.3 Å². The molecule has 116 valence electrons. The quantitative estimate of drug-likeness (QED) is 0.386. The molecule has 0 spiro atoms. The maximum absolute atomic E-state index is 2.35. The lowest BCUT2D eigenvalue weighted by molar-refractivity contribution is 1.07. The van der Waals surface area contributed by atoms with Gasteiger partial charge in [0.2, 0.25) is 6.71 Å². The van der Waals surface area contributed by atoms with Gasteiger partial charge in [-0.05, 0) is 72.6 Å². The maximum Gasteiger partial charge on any atom is 0.242 e. The molecular formula is C23H21B. The molecule has 0 N–H and O–H groups in total. The SMILES string of the molecule is Cc1c(C)c2c3c(c1C)Cc1ccccc1B3c1ccccc1C2. The Hall–Kier alpha value is -2.28. The van der Waals surface area contributed by atoms with Crippen LogP contribution in [0.4, 0.5) is 0 Å². The summed E-state index contributed by atoms with van der Waals surface area (Å²) in [5, 5.41) is 0. The van der Waals surface area contributed by atoms with Crippen molar-refractivity contribution in [3.8, 4) is 0 Å².